The maximum Gasteiger partial charge on any atom is 0.313 e. The Balaban J connectivity index is 1.66. The van der Waals surface area contributed by atoms with Crippen molar-refractivity contribution in [2.45, 2.75) is 52.4 Å². The van der Waals surface area contributed by atoms with Crippen molar-refractivity contribution >= 4 is 18.2 Å². The third-order valence-electron chi connectivity index (χ3n) is 7.39. The molecule has 0 saturated carbocycles. The Labute approximate surface area is 300 Å². The second kappa shape index (κ2) is 23.5. The first kappa shape index (κ1) is 45.0. The van der Waals surface area contributed by atoms with Gasteiger partial charge in [0.25, 0.3) is 0 Å². The number of ether oxygens (including phenoxy) is 6. The summed E-state index contributed by atoms with van der Waals surface area (Å²) >= 11 is 0. The SMILES string of the molecule is C=C(CCOCCOCCN(CCOCCOCCC(=O)Oc1c(F)c(F)c(C)c(F)c1F)C(=O)CCCCC=O)Oc1c(F)c(C)c(F)c(F)c1F. The number of amides is 1. The van der Waals surface area contributed by atoms with Crippen molar-refractivity contribution in [3.05, 3.63) is 70.0 Å². The summed E-state index contributed by atoms with van der Waals surface area (Å²) in [7, 11) is 0. The van der Waals surface area contributed by atoms with Crippen LogP contribution in [-0.2, 0) is 33.3 Å². The molecule has 0 radical (unpaired) electrons. The van der Waals surface area contributed by atoms with E-state index in [0.29, 0.717) is 19.3 Å². The van der Waals surface area contributed by atoms with Gasteiger partial charge in [0, 0.05) is 43.5 Å². The van der Waals surface area contributed by atoms with E-state index in [1.807, 2.05) is 0 Å². The standard InChI is InChI=1S/C35H41F8NO9/c1-21(52-34-29(39)23(3)26(36)30(40)33(34)43)8-13-48-17-19-50-15-10-44(24(46)7-5-4-6-12-45)11-16-51-20-18-49-14-9-25(47)53-35-31(41)27(37)22(2)28(38)32(35)42/h12H,1,4-11,13-20H2,2-3H3. The Morgan fingerprint density at radius 1 is 0.566 bits per heavy atom. The molecule has 2 aromatic carbocycles. The fourth-order valence-corrected chi connectivity index (χ4v) is 4.34. The number of aldehydes is 1. The minimum absolute atomic E-state index is 0.000469. The van der Waals surface area contributed by atoms with Crippen LogP contribution >= 0.6 is 0 Å². The van der Waals surface area contributed by atoms with Gasteiger partial charge in [-0.05, 0) is 26.7 Å². The second-order valence-corrected chi connectivity index (χ2v) is 11.3. The van der Waals surface area contributed by atoms with Gasteiger partial charge in [0.2, 0.25) is 34.9 Å². The number of rotatable bonds is 26. The predicted molar refractivity (Wildman–Crippen MR) is 171 cm³/mol. The number of nitrogens with zero attached hydrogens (tertiary/aromatic N) is 1. The Bertz CT molecular complexity index is 1400. The normalized spacial score (nSPS) is 11.1. The number of carbonyl (C=O) groups is 3. The number of halogens is 8. The Morgan fingerprint density at radius 3 is 1.57 bits per heavy atom. The fraction of sp³-hybridized carbons (Fsp3) is 0.514. The third-order valence-corrected chi connectivity index (χ3v) is 7.39. The molecule has 0 aromatic heterocycles. The molecule has 296 valence electrons. The van der Waals surface area contributed by atoms with Gasteiger partial charge in [-0.25, -0.2) is 22.0 Å². The van der Waals surface area contributed by atoms with Crippen molar-refractivity contribution < 1.29 is 77.9 Å². The van der Waals surface area contributed by atoms with Gasteiger partial charge < -0.3 is 38.1 Å². The number of unbranched alkanes of at least 4 members (excludes halogenated alkanes) is 2. The molecular weight excluding hydrogens is 730 g/mol. The maximum absolute atomic E-state index is 14.1. The number of hydrogen-bond donors (Lipinski definition) is 0. The van der Waals surface area contributed by atoms with E-state index in [2.05, 4.69) is 11.3 Å². The lowest BCUT2D eigenvalue weighted by Crippen LogP contribution is -2.37. The first-order valence-electron chi connectivity index (χ1n) is 16.5. The molecule has 0 spiro atoms. The van der Waals surface area contributed by atoms with Gasteiger partial charge in [-0.2, -0.15) is 13.2 Å². The maximum atomic E-state index is 14.1. The second-order valence-electron chi connectivity index (χ2n) is 11.3. The minimum atomic E-state index is -1.87. The van der Waals surface area contributed by atoms with Crippen LogP contribution in [0.4, 0.5) is 35.1 Å². The zero-order valence-corrected chi connectivity index (χ0v) is 29.2. The smallest absolute Gasteiger partial charge is 0.313 e. The Morgan fingerprint density at radius 2 is 1.02 bits per heavy atom. The molecule has 10 nitrogen and oxygen atoms in total. The van der Waals surface area contributed by atoms with Crippen LogP contribution in [0.5, 0.6) is 11.5 Å². The van der Waals surface area contributed by atoms with Gasteiger partial charge in [-0.3, -0.25) is 9.59 Å². The highest BCUT2D eigenvalue weighted by Gasteiger charge is 2.27. The molecule has 2 aromatic rings. The van der Waals surface area contributed by atoms with Crippen LogP contribution in [0.2, 0.25) is 0 Å². The van der Waals surface area contributed by atoms with E-state index in [4.69, 9.17) is 23.7 Å². The summed E-state index contributed by atoms with van der Waals surface area (Å²) in [5.74, 6) is -17.9. The average Bonchev–Trinajstić information content (AvgIpc) is 3.14. The first-order valence-corrected chi connectivity index (χ1v) is 16.5. The quantitative estimate of drug-likeness (QED) is 0.0158. The summed E-state index contributed by atoms with van der Waals surface area (Å²) in [4.78, 5) is 36.7. The summed E-state index contributed by atoms with van der Waals surface area (Å²) in [6.45, 7) is 5.85. The van der Waals surface area contributed by atoms with Crippen LogP contribution in [0.1, 0.15) is 49.7 Å². The number of benzene rings is 2. The van der Waals surface area contributed by atoms with E-state index in [9.17, 15) is 49.5 Å². The van der Waals surface area contributed by atoms with E-state index in [0.717, 1.165) is 20.1 Å². The van der Waals surface area contributed by atoms with Gasteiger partial charge in [0.15, 0.2) is 29.1 Å². The van der Waals surface area contributed by atoms with Gasteiger partial charge in [-0.15, -0.1) is 0 Å². The molecule has 0 heterocycles. The summed E-state index contributed by atoms with van der Waals surface area (Å²) in [6, 6.07) is 0. The van der Waals surface area contributed by atoms with Crippen molar-refractivity contribution in [1.29, 1.82) is 0 Å². The molecule has 0 aliphatic rings. The zero-order chi connectivity index (χ0) is 39.5. The van der Waals surface area contributed by atoms with Crippen LogP contribution in [0.3, 0.4) is 0 Å². The minimum Gasteiger partial charge on any atom is -0.456 e. The average molecular weight is 772 g/mol. The van der Waals surface area contributed by atoms with Crippen molar-refractivity contribution in [1.82, 2.24) is 4.90 Å². The van der Waals surface area contributed by atoms with Crippen molar-refractivity contribution in [3.63, 3.8) is 0 Å². The van der Waals surface area contributed by atoms with E-state index < -0.39 is 81.6 Å². The number of esters is 1. The highest BCUT2D eigenvalue weighted by Crippen LogP contribution is 2.31. The summed E-state index contributed by atoms with van der Waals surface area (Å²) < 4.78 is 141. The van der Waals surface area contributed by atoms with Crippen LogP contribution < -0.4 is 9.47 Å². The number of carbonyl (C=O) groups excluding carboxylic acids is 3. The molecule has 0 aliphatic heterocycles. The Hall–Kier alpha value is -4.13. The lowest BCUT2D eigenvalue weighted by Gasteiger charge is -2.23. The molecule has 0 saturated heterocycles. The number of hydrogen-bond acceptors (Lipinski definition) is 9. The van der Waals surface area contributed by atoms with E-state index >= 15 is 0 Å². The van der Waals surface area contributed by atoms with Crippen molar-refractivity contribution in [2.24, 2.45) is 0 Å². The Kier molecular flexibility index (Phi) is 20.0. The molecule has 18 heteroatoms. The largest absolute Gasteiger partial charge is 0.456 e. The molecule has 0 atom stereocenters. The molecule has 2 rings (SSSR count). The van der Waals surface area contributed by atoms with Crippen molar-refractivity contribution in [3.8, 4) is 11.5 Å². The van der Waals surface area contributed by atoms with Crippen LogP contribution in [-0.4, -0.2) is 89.0 Å². The topological polar surface area (TPSA) is 110 Å². The molecule has 53 heavy (non-hydrogen) atoms. The molecule has 1 amide bonds. The van der Waals surface area contributed by atoms with Gasteiger partial charge >= 0.3 is 5.97 Å². The lowest BCUT2D eigenvalue weighted by atomic mass is 10.2. The zero-order valence-electron chi connectivity index (χ0n) is 29.2. The fourth-order valence-electron chi connectivity index (χ4n) is 4.34. The van der Waals surface area contributed by atoms with E-state index in [-0.39, 0.29) is 90.5 Å². The highest BCUT2D eigenvalue weighted by molar-refractivity contribution is 5.76. The monoisotopic (exact) mass is 771 g/mol. The van der Waals surface area contributed by atoms with Crippen LogP contribution in [0, 0.1) is 60.4 Å². The first-order chi connectivity index (χ1) is 25.2. The van der Waals surface area contributed by atoms with E-state index in [1.54, 1.807) is 0 Å². The summed E-state index contributed by atoms with van der Waals surface area (Å²) in [5.41, 5.74) is -1.64. The van der Waals surface area contributed by atoms with Crippen LogP contribution in [0.25, 0.3) is 0 Å². The molecule has 0 unspecified atom stereocenters. The predicted octanol–water partition coefficient (Wildman–Crippen LogP) is 6.35. The van der Waals surface area contributed by atoms with Gasteiger partial charge in [-0.1, -0.05) is 6.58 Å². The van der Waals surface area contributed by atoms with Gasteiger partial charge in [0.1, 0.15) is 6.29 Å². The molecule has 0 bridgehead atoms. The third kappa shape index (κ3) is 14.3. The molecular formula is C35H41F8NO9. The van der Waals surface area contributed by atoms with Crippen molar-refractivity contribution in [2.75, 3.05) is 65.9 Å². The summed E-state index contributed by atoms with van der Waals surface area (Å²) in [5, 5.41) is 0. The molecule has 0 aliphatic carbocycles. The highest BCUT2D eigenvalue weighted by atomic mass is 19.2. The molecule has 0 fully saturated rings. The molecule has 0 N–H and O–H groups in total. The van der Waals surface area contributed by atoms with Gasteiger partial charge in [0.05, 0.1) is 65.0 Å². The van der Waals surface area contributed by atoms with Crippen LogP contribution in [0.15, 0.2) is 12.3 Å². The van der Waals surface area contributed by atoms with E-state index in [1.165, 1.54) is 4.90 Å². The lowest BCUT2D eigenvalue weighted by molar-refractivity contribution is -0.136. The summed E-state index contributed by atoms with van der Waals surface area (Å²) in [6.07, 6.45) is 1.81.